The van der Waals surface area contributed by atoms with Gasteiger partial charge in [0.2, 0.25) is 5.91 Å². The van der Waals surface area contributed by atoms with E-state index < -0.39 is 6.04 Å². The molecule has 1 aliphatic heterocycles. The van der Waals surface area contributed by atoms with Crippen LogP contribution in [-0.4, -0.2) is 81.8 Å². The van der Waals surface area contributed by atoms with E-state index in [1.54, 1.807) is 0 Å². The van der Waals surface area contributed by atoms with Gasteiger partial charge in [0.05, 0.1) is 6.61 Å². The minimum absolute atomic E-state index is 0.194. The normalized spacial score (nSPS) is 17.5. The van der Waals surface area contributed by atoms with Gasteiger partial charge in [-0.3, -0.25) is 9.69 Å². The fraction of sp³-hybridized carbons (Fsp3) is 0.588. The Labute approximate surface area is 143 Å². The Kier molecular flexibility index (Phi) is 7.45. The summed E-state index contributed by atoms with van der Waals surface area (Å²) in [6.07, 6.45) is 0. The summed E-state index contributed by atoms with van der Waals surface area (Å²) in [4.78, 5) is 16.5. The quantitative estimate of drug-likeness (QED) is 0.707. The zero-order valence-corrected chi connectivity index (χ0v) is 14.5. The van der Waals surface area contributed by atoms with Crippen LogP contribution in [0.1, 0.15) is 0 Å². The number of nitrogens with two attached hydrogens (primary N) is 1. The third-order valence-corrected chi connectivity index (χ3v) is 4.08. The van der Waals surface area contributed by atoms with Crippen LogP contribution in [-0.2, 0) is 9.53 Å². The molecule has 0 saturated carbocycles. The molecule has 134 valence electrons. The van der Waals surface area contributed by atoms with E-state index in [9.17, 15) is 4.79 Å². The molecular formula is C17H28N4O3. The minimum atomic E-state index is -0.672. The van der Waals surface area contributed by atoms with Crippen LogP contribution in [0.2, 0.25) is 0 Å². The average Bonchev–Trinajstić information content (AvgIpc) is 2.58. The summed E-state index contributed by atoms with van der Waals surface area (Å²) in [5, 5.41) is 2.75. The standard InChI is InChI=1S/C17H28N4O3/c1-20-7-9-21(10-8-20)11-12-24-15-5-3-14(4-6-15)19-17(22)16(18)13-23-2/h3-6,16H,7-13,18H2,1-2H3,(H,19,22). The highest BCUT2D eigenvalue weighted by Gasteiger charge is 2.14. The molecule has 0 spiro atoms. The fourth-order valence-corrected chi connectivity index (χ4v) is 2.49. The highest BCUT2D eigenvalue weighted by molar-refractivity contribution is 5.94. The maximum absolute atomic E-state index is 11.8. The molecular weight excluding hydrogens is 308 g/mol. The molecule has 2 rings (SSSR count). The Morgan fingerprint density at radius 2 is 1.92 bits per heavy atom. The van der Waals surface area contributed by atoms with Gasteiger partial charge >= 0.3 is 0 Å². The number of anilines is 1. The molecule has 0 aromatic heterocycles. The summed E-state index contributed by atoms with van der Waals surface area (Å²) >= 11 is 0. The van der Waals surface area contributed by atoms with Crippen molar-refractivity contribution in [1.82, 2.24) is 9.80 Å². The van der Waals surface area contributed by atoms with Crippen LogP contribution in [0, 0.1) is 0 Å². The van der Waals surface area contributed by atoms with Crippen LogP contribution in [0.4, 0.5) is 5.69 Å². The van der Waals surface area contributed by atoms with Crippen molar-refractivity contribution in [2.75, 3.05) is 65.4 Å². The number of carbonyl (C=O) groups is 1. The first-order valence-corrected chi connectivity index (χ1v) is 8.27. The Balaban J connectivity index is 1.71. The zero-order valence-electron chi connectivity index (χ0n) is 14.5. The van der Waals surface area contributed by atoms with E-state index in [4.69, 9.17) is 15.2 Å². The summed E-state index contributed by atoms with van der Waals surface area (Å²) < 4.78 is 10.6. The third-order valence-electron chi connectivity index (χ3n) is 4.08. The topological polar surface area (TPSA) is 80.1 Å². The first kappa shape index (κ1) is 18.7. The van der Waals surface area contributed by atoms with E-state index in [-0.39, 0.29) is 12.5 Å². The highest BCUT2D eigenvalue weighted by atomic mass is 16.5. The molecule has 1 aromatic carbocycles. The van der Waals surface area contributed by atoms with Crippen molar-refractivity contribution in [3.05, 3.63) is 24.3 Å². The van der Waals surface area contributed by atoms with Crippen molar-refractivity contribution in [3.63, 3.8) is 0 Å². The summed E-state index contributed by atoms with van der Waals surface area (Å²) in [7, 11) is 3.66. The Bertz CT molecular complexity index is 501. The zero-order chi connectivity index (χ0) is 17.4. The van der Waals surface area contributed by atoms with Crippen LogP contribution >= 0.6 is 0 Å². The van der Waals surface area contributed by atoms with E-state index in [0.717, 1.165) is 38.5 Å². The van der Waals surface area contributed by atoms with Crippen LogP contribution < -0.4 is 15.8 Å². The maximum atomic E-state index is 11.8. The van der Waals surface area contributed by atoms with Gasteiger partial charge in [-0.2, -0.15) is 0 Å². The van der Waals surface area contributed by atoms with Crippen LogP contribution in [0.3, 0.4) is 0 Å². The highest BCUT2D eigenvalue weighted by Crippen LogP contribution is 2.16. The lowest BCUT2D eigenvalue weighted by atomic mass is 10.2. The van der Waals surface area contributed by atoms with Gasteiger partial charge in [-0.25, -0.2) is 0 Å². The number of hydrogen-bond acceptors (Lipinski definition) is 6. The Morgan fingerprint density at radius 3 is 2.54 bits per heavy atom. The van der Waals surface area contributed by atoms with Crippen LogP contribution in [0.15, 0.2) is 24.3 Å². The molecule has 1 fully saturated rings. The predicted molar refractivity (Wildman–Crippen MR) is 94.4 cm³/mol. The summed E-state index contributed by atoms with van der Waals surface area (Å²) in [5.41, 5.74) is 6.37. The molecule has 1 heterocycles. The molecule has 1 amide bonds. The smallest absolute Gasteiger partial charge is 0.243 e. The molecule has 0 radical (unpaired) electrons. The monoisotopic (exact) mass is 336 g/mol. The summed E-state index contributed by atoms with van der Waals surface area (Å²) in [6, 6.07) is 6.64. The number of piperazine rings is 1. The van der Waals surface area contributed by atoms with Crippen LogP contribution in [0.5, 0.6) is 5.75 Å². The van der Waals surface area contributed by atoms with Gasteiger partial charge in [0.1, 0.15) is 18.4 Å². The number of benzene rings is 1. The van der Waals surface area contributed by atoms with E-state index in [1.165, 1.54) is 7.11 Å². The van der Waals surface area contributed by atoms with Crippen molar-refractivity contribution < 1.29 is 14.3 Å². The first-order chi connectivity index (χ1) is 11.6. The minimum Gasteiger partial charge on any atom is -0.492 e. The van der Waals surface area contributed by atoms with Gasteiger partial charge in [0, 0.05) is 45.5 Å². The molecule has 1 aliphatic rings. The molecule has 1 atom stereocenters. The van der Waals surface area contributed by atoms with E-state index in [2.05, 4.69) is 22.2 Å². The number of likely N-dealkylation sites (N-methyl/N-ethyl adjacent to an activating group) is 1. The fourth-order valence-electron chi connectivity index (χ4n) is 2.49. The molecule has 0 aliphatic carbocycles. The third kappa shape index (κ3) is 6.09. The van der Waals surface area contributed by atoms with Gasteiger partial charge in [-0.05, 0) is 31.3 Å². The van der Waals surface area contributed by atoms with Gasteiger partial charge in [-0.1, -0.05) is 0 Å². The number of carbonyl (C=O) groups excluding carboxylic acids is 1. The molecule has 0 bridgehead atoms. The lowest BCUT2D eigenvalue weighted by Crippen LogP contribution is -2.45. The van der Waals surface area contributed by atoms with E-state index in [0.29, 0.717) is 12.3 Å². The van der Waals surface area contributed by atoms with Gasteiger partial charge < -0.3 is 25.4 Å². The summed E-state index contributed by atoms with van der Waals surface area (Å²) in [6.45, 7) is 6.18. The molecule has 1 saturated heterocycles. The largest absolute Gasteiger partial charge is 0.492 e. The molecule has 24 heavy (non-hydrogen) atoms. The van der Waals surface area contributed by atoms with E-state index in [1.807, 2.05) is 24.3 Å². The van der Waals surface area contributed by atoms with Crippen LogP contribution in [0.25, 0.3) is 0 Å². The SMILES string of the molecule is COCC(N)C(=O)Nc1ccc(OCCN2CCN(C)CC2)cc1. The number of methoxy groups -OCH3 is 1. The van der Waals surface area contributed by atoms with Crippen molar-refractivity contribution in [3.8, 4) is 5.75 Å². The number of nitrogens with zero attached hydrogens (tertiary/aromatic N) is 2. The first-order valence-electron chi connectivity index (χ1n) is 8.27. The van der Waals surface area contributed by atoms with Crippen molar-refractivity contribution in [2.24, 2.45) is 5.73 Å². The van der Waals surface area contributed by atoms with Crippen molar-refractivity contribution >= 4 is 11.6 Å². The molecule has 7 heteroatoms. The van der Waals surface area contributed by atoms with Crippen molar-refractivity contribution in [2.45, 2.75) is 6.04 Å². The lowest BCUT2D eigenvalue weighted by molar-refractivity contribution is -0.118. The average molecular weight is 336 g/mol. The molecule has 7 nitrogen and oxygen atoms in total. The van der Waals surface area contributed by atoms with Gasteiger partial charge in [0.25, 0.3) is 0 Å². The second-order valence-corrected chi connectivity index (χ2v) is 6.07. The number of nitrogens with one attached hydrogen (secondary N) is 1. The number of amides is 1. The second-order valence-electron chi connectivity index (χ2n) is 6.07. The van der Waals surface area contributed by atoms with E-state index >= 15 is 0 Å². The second kappa shape index (κ2) is 9.58. The predicted octanol–water partition coefficient (Wildman–Crippen LogP) is 0.225. The van der Waals surface area contributed by atoms with Gasteiger partial charge in [-0.15, -0.1) is 0 Å². The molecule has 1 aromatic rings. The number of rotatable bonds is 8. The van der Waals surface area contributed by atoms with Gasteiger partial charge in [0.15, 0.2) is 0 Å². The summed E-state index contributed by atoms with van der Waals surface area (Å²) in [5.74, 6) is 0.531. The lowest BCUT2D eigenvalue weighted by Gasteiger charge is -2.32. The Hall–Kier alpha value is -1.67. The molecule has 3 N–H and O–H groups in total. The maximum Gasteiger partial charge on any atom is 0.243 e. The number of ether oxygens (including phenoxy) is 2. The molecule has 1 unspecified atom stereocenters. The van der Waals surface area contributed by atoms with Crippen molar-refractivity contribution in [1.29, 1.82) is 0 Å². The number of hydrogen-bond donors (Lipinski definition) is 2. The Morgan fingerprint density at radius 1 is 1.25 bits per heavy atom.